The van der Waals surface area contributed by atoms with Crippen molar-refractivity contribution in [3.63, 3.8) is 0 Å². The fourth-order valence-electron chi connectivity index (χ4n) is 2.90. The maximum atomic E-state index is 4.71. The van der Waals surface area contributed by atoms with Gasteiger partial charge in [-0.1, -0.05) is 54.7 Å². The zero-order valence-corrected chi connectivity index (χ0v) is 15.7. The Kier molecular flexibility index (Phi) is 6.95. The summed E-state index contributed by atoms with van der Waals surface area (Å²) in [4.78, 5) is 0. The quantitative estimate of drug-likeness (QED) is 0.611. The second-order valence-corrected chi connectivity index (χ2v) is 6.80. The zero-order valence-electron chi connectivity index (χ0n) is 14.8. The van der Waals surface area contributed by atoms with E-state index in [-0.39, 0.29) is 18.9 Å². The van der Waals surface area contributed by atoms with Crippen LogP contribution in [0.3, 0.4) is 0 Å². The van der Waals surface area contributed by atoms with Crippen LogP contribution in [-0.2, 0) is 0 Å². The van der Waals surface area contributed by atoms with E-state index in [0.717, 1.165) is 13.9 Å². The molecule has 0 saturated heterocycles. The molecule has 0 amide bonds. The summed E-state index contributed by atoms with van der Waals surface area (Å²) in [5.41, 5.74) is 8.91. The maximum absolute atomic E-state index is 4.71. The van der Waals surface area contributed by atoms with Crippen molar-refractivity contribution in [3.05, 3.63) is 63.0 Å². The van der Waals surface area contributed by atoms with Crippen molar-refractivity contribution >= 4 is 25.1 Å². The molecule has 0 spiro atoms. The van der Waals surface area contributed by atoms with Crippen molar-refractivity contribution < 1.29 is 18.9 Å². The largest absolute Gasteiger partial charge is 1.00 e. The van der Waals surface area contributed by atoms with Gasteiger partial charge in [0.25, 0.3) is 0 Å². The summed E-state index contributed by atoms with van der Waals surface area (Å²) in [6.45, 7) is 12.9. The fourth-order valence-corrected chi connectivity index (χ4v) is 3.72. The molecule has 0 heterocycles. The SMILES string of the molecule is Cc1cc(C)c([N-]C=Pc2c(C)cc(C)cc2C)c(C)c1.[Li+]. The Morgan fingerprint density at radius 1 is 0.727 bits per heavy atom. The van der Waals surface area contributed by atoms with Crippen LogP contribution in [0.5, 0.6) is 0 Å². The molecule has 1 nitrogen and oxygen atoms in total. The summed E-state index contributed by atoms with van der Waals surface area (Å²) in [5.74, 6) is 2.02. The molecule has 0 radical (unpaired) electrons. The van der Waals surface area contributed by atoms with E-state index in [1.807, 2.05) is 5.92 Å². The van der Waals surface area contributed by atoms with Gasteiger partial charge in [-0.15, -0.1) is 11.6 Å². The van der Waals surface area contributed by atoms with E-state index in [1.54, 1.807) is 0 Å². The summed E-state index contributed by atoms with van der Waals surface area (Å²) in [6.07, 6.45) is 0. The van der Waals surface area contributed by atoms with Crippen molar-refractivity contribution in [2.75, 3.05) is 0 Å². The van der Waals surface area contributed by atoms with Crippen molar-refractivity contribution in [1.82, 2.24) is 0 Å². The van der Waals surface area contributed by atoms with Gasteiger partial charge in [-0.05, 0) is 52.7 Å². The van der Waals surface area contributed by atoms with Crippen molar-refractivity contribution in [2.45, 2.75) is 41.5 Å². The van der Waals surface area contributed by atoms with Crippen molar-refractivity contribution in [2.24, 2.45) is 0 Å². The predicted molar refractivity (Wildman–Crippen MR) is 96.9 cm³/mol. The van der Waals surface area contributed by atoms with Crippen molar-refractivity contribution in [3.8, 4) is 0 Å². The van der Waals surface area contributed by atoms with Crippen LogP contribution in [0.15, 0.2) is 24.3 Å². The molecule has 0 aliphatic heterocycles. The van der Waals surface area contributed by atoms with Crippen LogP contribution in [0.4, 0.5) is 5.69 Å². The smallest absolute Gasteiger partial charge is 0.660 e. The molecule has 0 N–H and O–H groups in total. The predicted octanol–water partition coefficient (Wildman–Crippen LogP) is 2.58. The van der Waals surface area contributed by atoms with Gasteiger partial charge < -0.3 is 5.32 Å². The third kappa shape index (κ3) is 4.50. The van der Waals surface area contributed by atoms with E-state index in [0.29, 0.717) is 0 Å². The maximum Gasteiger partial charge on any atom is 1.00 e. The number of nitrogens with zero attached hydrogens (tertiary/aromatic N) is 1. The van der Waals surface area contributed by atoms with E-state index < -0.39 is 0 Å². The molecule has 3 heteroatoms. The van der Waals surface area contributed by atoms with Crippen molar-refractivity contribution in [1.29, 1.82) is 0 Å². The van der Waals surface area contributed by atoms with Gasteiger partial charge in [-0.3, -0.25) is 0 Å². The Labute approximate surface area is 148 Å². The second kappa shape index (κ2) is 8.03. The first-order valence-electron chi connectivity index (χ1n) is 7.27. The molecule has 2 aromatic carbocycles. The Morgan fingerprint density at radius 3 is 1.59 bits per heavy atom. The average molecular weight is 303 g/mol. The number of benzene rings is 2. The number of aryl methyl sites for hydroxylation is 6. The van der Waals surface area contributed by atoms with Crippen LogP contribution >= 0.6 is 8.20 Å². The summed E-state index contributed by atoms with van der Waals surface area (Å²) in [6, 6.07) is 8.87. The molecule has 0 saturated carbocycles. The van der Waals surface area contributed by atoms with Crippen LogP contribution < -0.4 is 24.2 Å². The van der Waals surface area contributed by atoms with Gasteiger partial charge in [0.2, 0.25) is 0 Å². The second-order valence-electron chi connectivity index (χ2n) is 5.87. The average Bonchev–Trinajstić information content (AvgIpc) is 2.34. The monoisotopic (exact) mass is 303 g/mol. The van der Waals surface area contributed by atoms with E-state index >= 15 is 0 Å². The third-order valence-corrected chi connectivity index (χ3v) is 4.84. The molecule has 22 heavy (non-hydrogen) atoms. The van der Waals surface area contributed by atoms with E-state index in [1.165, 1.54) is 38.7 Å². The third-order valence-electron chi connectivity index (χ3n) is 3.64. The molecule has 2 aromatic rings. The van der Waals surface area contributed by atoms with Gasteiger partial charge in [0.1, 0.15) is 0 Å². The molecule has 0 aromatic heterocycles. The summed E-state index contributed by atoms with van der Waals surface area (Å²) < 4.78 is 0. The van der Waals surface area contributed by atoms with Gasteiger partial charge in [-0.2, -0.15) is 0 Å². The van der Waals surface area contributed by atoms with Gasteiger partial charge >= 0.3 is 18.9 Å². The zero-order chi connectivity index (χ0) is 15.6. The summed E-state index contributed by atoms with van der Waals surface area (Å²) >= 11 is 0. The summed E-state index contributed by atoms with van der Waals surface area (Å²) in [7, 11) is 1.16. The molecule has 0 unspecified atom stereocenters. The van der Waals surface area contributed by atoms with E-state index in [9.17, 15) is 0 Å². The first-order chi connectivity index (χ1) is 9.88. The van der Waals surface area contributed by atoms with Crippen LogP contribution in [0.25, 0.3) is 5.32 Å². The molecular weight excluding hydrogens is 280 g/mol. The minimum atomic E-state index is 0. The Balaban J connectivity index is 0.00000242. The van der Waals surface area contributed by atoms with Crippen LogP contribution in [0.2, 0.25) is 0 Å². The minimum Gasteiger partial charge on any atom is -0.660 e. The standard InChI is InChI=1S/C19H23NP.Li/c1-12-7-14(3)18(15(4)8-12)20-11-21-19-16(5)9-13(2)10-17(19)6;/h7-11H,1-6H3;/q-1;+1. The Bertz CT molecular complexity index is 659. The normalized spacial score (nSPS) is 10.6. The molecule has 0 fully saturated rings. The van der Waals surface area contributed by atoms with E-state index in [2.05, 4.69) is 65.8 Å². The van der Waals surface area contributed by atoms with E-state index in [4.69, 9.17) is 5.32 Å². The Morgan fingerprint density at radius 2 is 1.14 bits per heavy atom. The summed E-state index contributed by atoms with van der Waals surface area (Å²) in [5, 5.41) is 6.08. The molecule has 0 atom stereocenters. The molecule has 2 rings (SSSR count). The van der Waals surface area contributed by atoms with Crippen LogP contribution in [0.1, 0.15) is 33.4 Å². The molecular formula is C19H23LiNP. The molecule has 110 valence electrons. The molecule has 0 aliphatic carbocycles. The van der Waals surface area contributed by atoms with Gasteiger partial charge in [-0.25, -0.2) is 0 Å². The number of hydrogen-bond donors (Lipinski definition) is 0. The topological polar surface area (TPSA) is 14.1 Å². The first kappa shape index (κ1) is 19.1. The number of hydrogen-bond acceptors (Lipinski definition) is 0. The van der Waals surface area contributed by atoms with Crippen LogP contribution in [-0.4, -0.2) is 5.92 Å². The first-order valence-corrected chi connectivity index (χ1v) is 8.24. The number of rotatable bonds is 3. The van der Waals surface area contributed by atoms with Crippen LogP contribution in [0, 0.1) is 41.5 Å². The molecule has 0 aliphatic rings. The van der Waals surface area contributed by atoms with Gasteiger partial charge in [0.15, 0.2) is 0 Å². The van der Waals surface area contributed by atoms with Gasteiger partial charge in [0.05, 0.1) is 0 Å². The minimum absolute atomic E-state index is 0. The van der Waals surface area contributed by atoms with Gasteiger partial charge in [0, 0.05) is 5.30 Å². The molecule has 0 bridgehead atoms. The fraction of sp³-hybridized carbons (Fsp3) is 0.316. The Hall–Kier alpha value is -0.993.